The Morgan fingerprint density at radius 1 is 1.16 bits per heavy atom. The Kier molecular flexibility index (Phi) is 4.97. The number of para-hydroxylation sites is 1. The number of rotatable bonds is 6. The first kappa shape index (κ1) is 20.9. The Hall–Kier alpha value is -3.39. The summed E-state index contributed by atoms with van der Waals surface area (Å²) in [5.74, 6) is -2.08. The zero-order valence-electron chi connectivity index (χ0n) is 18.0. The van der Waals surface area contributed by atoms with E-state index in [9.17, 15) is 19.5 Å². The van der Waals surface area contributed by atoms with E-state index in [1.165, 1.54) is 15.9 Å². The average Bonchev–Trinajstić information content (AvgIpc) is 3.33. The van der Waals surface area contributed by atoms with E-state index >= 15 is 0 Å². The molecule has 1 atom stereocenters. The van der Waals surface area contributed by atoms with Crippen LogP contribution in [0.4, 0.5) is 5.69 Å². The number of aryl methyl sites for hydroxylation is 1. The first-order valence-corrected chi connectivity index (χ1v) is 10.1. The third kappa shape index (κ3) is 2.90. The maximum Gasteiger partial charge on any atom is 0.290 e. The molecule has 1 aromatic carbocycles. The van der Waals surface area contributed by atoms with Crippen LogP contribution in [0.3, 0.4) is 0 Å². The number of anilines is 1. The highest BCUT2D eigenvalue weighted by molar-refractivity contribution is 6.25. The Labute approximate surface area is 180 Å². The molecule has 162 valence electrons. The maximum absolute atomic E-state index is 13.7. The van der Waals surface area contributed by atoms with E-state index in [1.807, 2.05) is 19.0 Å². The van der Waals surface area contributed by atoms with Crippen LogP contribution >= 0.6 is 0 Å². The number of amides is 2. The van der Waals surface area contributed by atoms with Crippen LogP contribution in [0.15, 0.2) is 52.1 Å². The van der Waals surface area contributed by atoms with Gasteiger partial charge in [0.1, 0.15) is 5.76 Å². The molecular formula is C23H25N3O5. The fraction of sp³-hybridized carbons (Fsp3) is 0.348. The number of hydrogen-bond donors (Lipinski definition) is 1. The summed E-state index contributed by atoms with van der Waals surface area (Å²) in [7, 11) is 5.43. The monoisotopic (exact) mass is 423 g/mol. The fourth-order valence-corrected chi connectivity index (χ4v) is 4.50. The van der Waals surface area contributed by atoms with E-state index in [1.54, 1.807) is 44.3 Å². The van der Waals surface area contributed by atoms with Crippen LogP contribution < -0.4 is 4.90 Å². The van der Waals surface area contributed by atoms with E-state index in [-0.39, 0.29) is 17.9 Å². The van der Waals surface area contributed by atoms with Crippen LogP contribution in [0.25, 0.3) is 0 Å². The van der Waals surface area contributed by atoms with E-state index in [4.69, 9.17) is 4.42 Å². The summed E-state index contributed by atoms with van der Waals surface area (Å²) in [6, 6.07) is 10.1. The second-order valence-corrected chi connectivity index (χ2v) is 8.17. The Morgan fingerprint density at radius 2 is 1.87 bits per heavy atom. The molecule has 0 saturated heterocycles. The number of fused-ring (bicyclic) bond motifs is 2. The molecule has 0 radical (unpaired) electrons. The minimum atomic E-state index is -1.73. The molecule has 2 aliphatic rings. The van der Waals surface area contributed by atoms with Gasteiger partial charge in [0.15, 0.2) is 17.1 Å². The quantitative estimate of drug-likeness (QED) is 0.717. The van der Waals surface area contributed by atoms with Crippen molar-refractivity contribution >= 4 is 23.3 Å². The number of nitrogens with zero attached hydrogens (tertiary/aromatic N) is 3. The molecular weight excluding hydrogens is 398 g/mol. The summed E-state index contributed by atoms with van der Waals surface area (Å²) in [4.78, 5) is 45.2. The third-order valence-corrected chi connectivity index (χ3v) is 5.90. The number of furan rings is 1. The molecule has 3 heterocycles. The van der Waals surface area contributed by atoms with Gasteiger partial charge < -0.3 is 24.2 Å². The van der Waals surface area contributed by atoms with Gasteiger partial charge in [-0.25, -0.2) is 0 Å². The van der Waals surface area contributed by atoms with Crippen LogP contribution in [0, 0.1) is 6.92 Å². The predicted octanol–water partition coefficient (Wildman–Crippen LogP) is 2.25. The van der Waals surface area contributed by atoms with Gasteiger partial charge in [-0.1, -0.05) is 18.2 Å². The van der Waals surface area contributed by atoms with Crippen molar-refractivity contribution in [1.82, 2.24) is 9.80 Å². The highest BCUT2D eigenvalue weighted by Gasteiger charge is 2.65. The van der Waals surface area contributed by atoms with Gasteiger partial charge in [-0.05, 0) is 52.2 Å². The Bertz CT molecular complexity index is 1120. The summed E-state index contributed by atoms with van der Waals surface area (Å²) in [6.07, 6.45) is 0.564. The molecule has 1 aromatic heterocycles. The molecule has 4 rings (SSSR count). The second kappa shape index (κ2) is 7.39. The summed E-state index contributed by atoms with van der Waals surface area (Å²) < 4.78 is 5.49. The zero-order valence-corrected chi connectivity index (χ0v) is 18.0. The molecule has 2 aromatic rings. The summed E-state index contributed by atoms with van der Waals surface area (Å²) in [5, 5.41) is 10.9. The molecule has 8 nitrogen and oxygen atoms in total. The van der Waals surface area contributed by atoms with Crippen molar-refractivity contribution < 1.29 is 23.9 Å². The smallest absolute Gasteiger partial charge is 0.290 e. The van der Waals surface area contributed by atoms with E-state index < -0.39 is 28.9 Å². The fourth-order valence-electron chi connectivity index (χ4n) is 4.50. The molecule has 1 spiro atoms. The van der Waals surface area contributed by atoms with Gasteiger partial charge in [0.2, 0.25) is 5.78 Å². The third-order valence-electron chi connectivity index (χ3n) is 5.90. The zero-order chi connectivity index (χ0) is 22.5. The number of aliphatic hydroxyl groups is 1. The largest absolute Gasteiger partial charge is 0.503 e. The number of benzene rings is 1. The number of ketones is 1. The molecule has 1 unspecified atom stereocenters. The van der Waals surface area contributed by atoms with Crippen LogP contribution in [0.5, 0.6) is 0 Å². The Balaban J connectivity index is 1.92. The van der Waals surface area contributed by atoms with E-state index in [0.717, 1.165) is 0 Å². The molecule has 0 aliphatic carbocycles. The first-order valence-electron chi connectivity index (χ1n) is 10.1. The highest BCUT2D eigenvalue weighted by Crippen LogP contribution is 2.53. The van der Waals surface area contributed by atoms with Gasteiger partial charge in [0.05, 0.1) is 5.57 Å². The van der Waals surface area contributed by atoms with Crippen molar-refractivity contribution in [3.05, 3.63) is 64.8 Å². The van der Waals surface area contributed by atoms with E-state index in [2.05, 4.69) is 0 Å². The first-order chi connectivity index (χ1) is 14.7. The number of aliphatic hydroxyl groups excluding tert-OH is 1. The van der Waals surface area contributed by atoms with Crippen LogP contribution in [0.2, 0.25) is 0 Å². The topological polar surface area (TPSA) is 94.3 Å². The summed E-state index contributed by atoms with van der Waals surface area (Å²) in [6.45, 7) is 2.56. The molecule has 31 heavy (non-hydrogen) atoms. The molecule has 8 heteroatoms. The van der Waals surface area contributed by atoms with Gasteiger partial charge in [-0.2, -0.15) is 0 Å². The molecule has 0 saturated carbocycles. The molecule has 0 fully saturated rings. The lowest BCUT2D eigenvalue weighted by atomic mass is 9.81. The average molecular weight is 423 g/mol. The second-order valence-electron chi connectivity index (χ2n) is 8.17. The van der Waals surface area contributed by atoms with Crippen LogP contribution in [0.1, 0.15) is 28.3 Å². The number of carbonyl (C=O) groups excluding carboxylic acids is 3. The lowest BCUT2D eigenvalue weighted by Gasteiger charge is -2.35. The van der Waals surface area contributed by atoms with E-state index in [0.29, 0.717) is 30.0 Å². The van der Waals surface area contributed by atoms with Crippen LogP contribution in [-0.2, 0) is 15.1 Å². The number of carbonyl (C=O) groups is 3. The van der Waals surface area contributed by atoms with Gasteiger partial charge in [-0.15, -0.1) is 0 Å². The van der Waals surface area contributed by atoms with Crippen molar-refractivity contribution in [3.8, 4) is 0 Å². The molecule has 1 N–H and O–H groups in total. The number of likely N-dealkylation sites (N-methyl/N-ethyl adjacent to an activating group) is 1. The van der Waals surface area contributed by atoms with Gasteiger partial charge >= 0.3 is 0 Å². The van der Waals surface area contributed by atoms with Crippen molar-refractivity contribution in [2.24, 2.45) is 0 Å². The minimum absolute atomic E-state index is 0.0267. The summed E-state index contributed by atoms with van der Waals surface area (Å²) in [5.41, 5.74) is -0.889. The normalized spacial score (nSPS) is 20.5. The lowest BCUT2D eigenvalue weighted by Crippen LogP contribution is -2.54. The minimum Gasteiger partial charge on any atom is -0.503 e. The number of hydrogen-bond acceptors (Lipinski definition) is 6. The maximum atomic E-state index is 13.7. The Morgan fingerprint density at radius 3 is 2.52 bits per heavy atom. The molecule has 0 bridgehead atoms. The van der Waals surface area contributed by atoms with Crippen LogP contribution in [-0.4, -0.2) is 66.7 Å². The summed E-state index contributed by atoms with van der Waals surface area (Å²) >= 11 is 0. The number of Topliss-reactive ketones (excluding diaryl/α,β-unsaturated/α-hetero) is 1. The van der Waals surface area contributed by atoms with Crippen molar-refractivity contribution in [3.63, 3.8) is 0 Å². The van der Waals surface area contributed by atoms with Gasteiger partial charge in [-0.3, -0.25) is 14.4 Å². The van der Waals surface area contributed by atoms with Gasteiger partial charge in [0.25, 0.3) is 11.8 Å². The lowest BCUT2D eigenvalue weighted by molar-refractivity contribution is -0.139. The van der Waals surface area contributed by atoms with Crippen molar-refractivity contribution in [2.45, 2.75) is 18.9 Å². The van der Waals surface area contributed by atoms with Crippen molar-refractivity contribution in [1.29, 1.82) is 0 Å². The SMILES string of the molecule is Cc1ccc(C(=O)C2=C(O)C(=O)N(CCCN(C)C)C23C(=O)N(C)c2ccccc23)o1. The van der Waals surface area contributed by atoms with Crippen molar-refractivity contribution in [2.75, 3.05) is 39.1 Å². The standard InChI is InChI=1S/C23H25N3O5/c1-14-10-11-17(31-14)19(27)18-20(28)21(29)26(13-7-12-24(2)3)23(18)15-8-5-6-9-16(15)25(4)22(23)30/h5-6,8-11,28H,7,12-13H2,1-4H3. The molecule has 2 aliphatic heterocycles. The molecule has 2 amide bonds. The highest BCUT2D eigenvalue weighted by atomic mass is 16.3. The predicted molar refractivity (Wildman–Crippen MR) is 114 cm³/mol. The van der Waals surface area contributed by atoms with Gasteiger partial charge in [0, 0.05) is 24.8 Å².